The van der Waals surface area contributed by atoms with Crippen molar-refractivity contribution >= 4 is 18.3 Å². The van der Waals surface area contributed by atoms with E-state index in [4.69, 9.17) is 0 Å². The van der Waals surface area contributed by atoms with Crippen molar-refractivity contribution in [3.05, 3.63) is 69.4 Å². The van der Waals surface area contributed by atoms with E-state index in [0.29, 0.717) is 43.3 Å². The molecule has 2 aliphatic heterocycles. The third kappa shape index (κ3) is 4.13. The number of rotatable bonds is 5. The number of fused-ring (bicyclic) bond motifs is 4. The molecule has 150 valence electrons. The Labute approximate surface area is 169 Å². The topological polar surface area (TPSA) is 63.1 Å². The first kappa shape index (κ1) is 20.6. The van der Waals surface area contributed by atoms with Gasteiger partial charge >= 0.3 is 0 Å². The molecule has 0 saturated carbocycles. The van der Waals surface area contributed by atoms with Gasteiger partial charge in [0.25, 0.3) is 11.5 Å². The third-order valence-electron chi connectivity index (χ3n) is 5.62. The van der Waals surface area contributed by atoms with Crippen LogP contribution in [-0.4, -0.2) is 30.1 Å². The number of nitrogens with one attached hydrogen (secondary N) is 2. The Bertz CT molecular complexity index is 915. The number of hydrogen-bond acceptors (Lipinski definition) is 3. The van der Waals surface area contributed by atoms with Gasteiger partial charge in [0.2, 0.25) is 0 Å². The largest absolute Gasteiger partial charge is 0.352 e. The molecule has 2 aromatic rings. The zero-order valence-corrected chi connectivity index (χ0v) is 16.4. The maximum absolute atomic E-state index is 13.6. The molecule has 0 spiro atoms. The number of pyridine rings is 1. The summed E-state index contributed by atoms with van der Waals surface area (Å²) in [5.41, 5.74) is 1.66. The monoisotopic (exact) mass is 405 g/mol. The molecule has 1 fully saturated rings. The van der Waals surface area contributed by atoms with Gasteiger partial charge in [0.05, 0.1) is 0 Å². The van der Waals surface area contributed by atoms with Crippen LogP contribution >= 0.6 is 12.4 Å². The van der Waals surface area contributed by atoms with E-state index >= 15 is 0 Å². The van der Waals surface area contributed by atoms with E-state index in [1.165, 1.54) is 6.07 Å². The highest BCUT2D eigenvalue weighted by atomic mass is 35.5. The number of aromatic nitrogens is 1. The summed E-state index contributed by atoms with van der Waals surface area (Å²) < 4.78 is 15.4. The van der Waals surface area contributed by atoms with Crippen LogP contribution in [-0.2, 0) is 13.0 Å². The van der Waals surface area contributed by atoms with Crippen molar-refractivity contribution in [2.24, 2.45) is 5.92 Å². The lowest BCUT2D eigenvalue weighted by Crippen LogP contribution is -2.46. The molecule has 4 rings (SSSR count). The Morgan fingerprint density at radius 2 is 2.04 bits per heavy atom. The molecule has 2 aliphatic rings. The molecule has 3 heterocycles. The van der Waals surface area contributed by atoms with E-state index in [1.807, 2.05) is 6.07 Å². The molecule has 0 radical (unpaired) electrons. The summed E-state index contributed by atoms with van der Waals surface area (Å²) in [6, 6.07) is 10.2. The van der Waals surface area contributed by atoms with Gasteiger partial charge in [0.15, 0.2) is 0 Å². The molecule has 0 aliphatic carbocycles. The van der Waals surface area contributed by atoms with E-state index in [-0.39, 0.29) is 35.3 Å². The molecule has 1 saturated heterocycles. The third-order valence-corrected chi connectivity index (χ3v) is 5.62. The Kier molecular flexibility index (Phi) is 6.52. The molecular weight excluding hydrogens is 381 g/mol. The zero-order chi connectivity index (χ0) is 18.8. The van der Waals surface area contributed by atoms with Crippen molar-refractivity contribution in [2.45, 2.75) is 31.7 Å². The highest BCUT2D eigenvalue weighted by molar-refractivity contribution is 5.93. The highest BCUT2D eigenvalue weighted by Gasteiger charge is 2.31. The fourth-order valence-electron chi connectivity index (χ4n) is 4.24. The predicted octanol–water partition coefficient (Wildman–Crippen LogP) is 2.48. The maximum Gasteiger partial charge on any atom is 0.263 e. The van der Waals surface area contributed by atoms with E-state index < -0.39 is 0 Å². The van der Waals surface area contributed by atoms with Crippen LogP contribution in [0.15, 0.2) is 41.2 Å². The lowest BCUT2D eigenvalue weighted by atomic mass is 9.84. The average Bonchev–Trinajstić information content (AvgIpc) is 2.67. The van der Waals surface area contributed by atoms with E-state index in [0.717, 1.165) is 25.2 Å². The second kappa shape index (κ2) is 8.88. The van der Waals surface area contributed by atoms with Crippen LogP contribution in [0.25, 0.3) is 0 Å². The first-order valence-electron chi connectivity index (χ1n) is 9.59. The van der Waals surface area contributed by atoms with Crippen LogP contribution in [0.4, 0.5) is 4.39 Å². The molecule has 1 aromatic heterocycles. The molecule has 0 unspecified atom stereocenters. The summed E-state index contributed by atoms with van der Waals surface area (Å²) in [6.07, 6.45) is 2.27. The fourth-order valence-corrected chi connectivity index (χ4v) is 4.24. The minimum atomic E-state index is -0.349. The Morgan fingerprint density at radius 1 is 1.21 bits per heavy atom. The molecular formula is C21H25ClFN3O2. The standard InChI is InChI=1S/C21H24FN3O2.ClH/c22-18-6-2-1-4-15(18)5-3-9-24-20(26)17-7-8-19-16-10-14(11-23-12-16)13-25(19)21(17)27;/h1-2,4,6-8,14,16,23H,3,5,9-13H2,(H,24,26);1H/t14-,16+;/m0./s1. The van der Waals surface area contributed by atoms with Crippen molar-refractivity contribution in [1.29, 1.82) is 0 Å². The van der Waals surface area contributed by atoms with Crippen molar-refractivity contribution < 1.29 is 9.18 Å². The second-order valence-electron chi connectivity index (χ2n) is 7.50. The van der Waals surface area contributed by atoms with Gasteiger partial charge in [-0.25, -0.2) is 4.39 Å². The van der Waals surface area contributed by atoms with Gasteiger partial charge < -0.3 is 15.2 Å². The van der Waals surface area contributed by atoms with Gasteiger partial charge in [0, 0.05) is 31.2 Å². The van der Waals surface area contributed by atoms with Crippen LogP contribution < -0.4 is 16.2 Å². The van der Waals surface area contributed by atoms with Crippen molar-refractivity contribution in [3.8, 4) is 0 Å². The number of hydrogen-bond donors (Lipinski definition) is 2. The van der Waals surface area contributed by atoms with Crippen molar-refractivity contribution in [2.75, 3.05) is 19.6 Å². The molecule has 1 aromatic carbocycles. The SMILES string of the molecule is Cl.O=C(NCCCc1ccccc1F)c1ccc2n(c1=O)C[C@@H]1CNC[C@H]2C1. The number of carbonyl (C=O) groups excluding carboxylic acids is 1. The Balaban J connectivity index is 0.00000225. The Hall–Kier alpha value is -2.18. The highest BCUT2D eigenvalue weighted by Crippen LogP contribution is 2.31. The van der Waals surface area contributed by atoms with E-state index in [9.17, 15) is 14.0 Å². The van der Waals surface area contributed by atoms with Crippen LogP contribution in [0.3, 0.4) is 0 Å². The van der Waals surface area contributed by atoms with Crippen molar-refractivity contribution in [3.63, 3.8) is 0 Å². The lowest BCUT2D eigenvalue weighted by Gasteiger charge is -2.37. The summed E-state index contributed by atoms with van der Waals surface area (Å²) in [4.78, 5) is 25.3. The second-order valence-corrected chi connectivity index (χ2v) is 7.50. The molecule has 28 heavy (non-hydrogen) atoms. The summed E-state index contributed by atoms with van der Waals surface area (Å²) in [5.74, 6) is 0.227. The molecule has 2 N–H and O–H groups in total. The zero-order valence-electron chi connectivity index (χ0n) is 15.6. The molecule has 1 amide bonds. The average molecular weight is 406 g/mol. The number of nitrogens with zero attached hydrogens (tertiary/aromatic N) is 1. The number of halogens is 2. The predicted molar refractivity (Wildman–Crippen MR) is 109 cm³/mol. The van der Waals surface area contributed by atoms with Crippen LogP contribution in [0.1, 0.15) is 40.4 Å². The van der Waals surface area contributed by atoms with Crippen LogP contribution in [0, 0.1) is 11.7 Å². The number of benzene rings is 1. The van der Waals surface area contributed by atoms with Gasteiger partial charge in [-0.05, 0) is 55.5 Å². The quantitative estimate of drug-likeness (QED) is 0.751. The van der Waals surface area contributed by atoms with Gasteiger partial charge in [-0.2, -0.15) is 0 Å². The molecule has 2 atom stereocenters. The first-order chi connectivity index (χ1) is 13.1. The number of carbonyl (C=O) groups is 1. The first-order valence-corrected chi connectivity index (χ1v) is 9.59. The van der Waals surface area contributed by atoms with Crippen molar-refractivity contribution in [1.82, 2.24) is 15.2 Å². The maximum atomic E-state index is 13.6. The number of piperidine rings is 1. The minimum absolute atomic E-state index is 0. The normalized spacial score (nSPS) is 20.0. The summed E-state index contributed by atoms with van der Waals surface area (Å²) in [6.45, 7) is 2.89. The molecule has 2 bridgehead atoms. The minimum Gasteiger partial charge on any atom is -0.352 e. The lowest BCUT2D eigenvalue weighted by molar-refractivity contribution is 0.0950. The number of amides is 1. The summed E-state index contributed by atoms with van der Waals surface area (Å²) in [7, 11) is 0. The molecule has 7 heteroatoms. The number of aryl methyl sites for hydroxylation is 1. The van der Waals surface area contributed by atoms with Gasteiger partial charge in [-0.3, -0.25) is 9.59 Å². The molecule has 5 nitrogen and oxygen atoms in total. The van der Waals surface area contributed by atoms with E-state index in [1.54, 1.807) is 28.8 Å². The smallest absolute Gasteiger partial charge is 0.263 e. The summed E-state index contributed by atoms with van der Waals surface area (Å²) >= 11 is 0. The van der Waals surface area contributed by atoms with Crippen LogP contribution in [0.5, 0.6) is 0 Å². The fraction of sp³-hybridized carbons (Fsp3) is 0.429. The summed E-state index contributed by atoms with van der Waals surface area (Å²) in [5, 5.41) is 6.21. The Morgan fingerprint density at radius 3 is 2.86 bits per heavy atom. The van der Waals surface area contributed by atoms with Gasteiger partial charge in [-0.15, -0.1) is 12.4 Å². The van der Waals surface area contributed by atoms with Gasteiger partial charge in [0.1, 0.15) is 11.4 Å². The van der Waals surface area contributed by atoms with Gasteiger partial charge in [-0.1, -0.05) is 18.2 Å². The van der Waals surface area contributed by atoms with E-state index in [2.05, 4.69) is 10.6 Å². The van der Waals surface area contributed by atoms with Crippen LogP contribution in [0.2, 0.25) is 0 Å².